The highest BCUT2D eigenvalue weighted by atomic mass is 16.1. The third-order valence-electron chi connectivity index (χ3n) is 3.40. The first-order valence-corrected chi connectivity index (χ1v) is 6.60. The zero-order valence-electron chi connectivity index (χ0n) is 10.9. The standard InChI is InChI=1S/C13H16N6O/c20-13(11-8-14-3-4-16-11)18-10-1-2-17-12(7-10)19-6-5-15-9-19/h3-6,8-10,12,17H,1-2,7H2,(H,18,20). The smallest absolute Gasteiger partial charge is 0.271 e. The summed E-state index contributed by atoms with van der Waals surface area (Å²) in [4.78, 5) is 24.0. The molecule has 1 amide bonds. The highest BCUT2D eigenvalue weighted by Gasteiger charge is 2.24. The van der Waals surface area contributed by atoms with E-state index in [0.29, 0.717) is 5.69 Å². The number of imidazole rings is 1. The SMILES string of the molecule is O=C(NC1CCNC(n2ccnc2)C1)c1cnccn1. The molecule has 1 fully saturated rings. The largest absolute Gasteiger partial charge is 0.348 e. The summed E-state index contributed by atoms with van der Waals surface area (Å²) in [5, 5.41) is 6.42. The number of hydrogen-bond acceptors (Lipinski definition) is 5. The molecule has 7 nitrogen and oxygen atoms in total. The second-order valence-corrected chi connectivity index (χ2v) is 4.77. The normalized spacial score (nSPS) is 22.4. The lowest BCUT2D eigenvalue weighted by molar-refractivity contribution is 0.0913. The van der Waals surface area contributed by atoms with E-state index < -0.39 is 0 Å². The van der Waals surface area contributed by atoms with Gasteiger partial charge in [-0.2, -0.15) is 0 Å². The van der Waals surface area contributed by atoms with Crippen molar-refractivity contribution in [1.29, 1.82) is 0 Å². The molecular weight excluding hydrogens is 256 g/mol. The molecule has 104 valence electrons. The molecule has 0 radical (unpaired) electrons. The Labute approximate surface area is 116 Å². The first kappa shape index (κ1) is 12.7. The van der Waals surface area contributed by atoms with Gasteiger partial charge in [0.05, 0.1) is 18.7 Å². The molecule has 0 saturated carbocycles. The van der Waals surface area contributed by atoms with Crippen molar-refractivity contribution >= 4 is 5.91 Å². The van der Waals surface area contributed by atoms with Crippen LogP contribution in [0.5, 0.6) is 0 Å². The van der Waals surface area contributed by atoms with E-state index in [0.717, 1.165) is 19.4 Å². The van der Waals surface area contributed by atoms with E-state index in [1.807, 2.05) is 10.8 Å². The number of nitrogens with one attached hydrogen (secondary N) is 2. The van der Waals surface area contributed by atoms with Crippen LogP contribution in [0, 0.1) is 0 Å². The molecule has 2 N–H and O–H groups in total. The Kier molecular flexibility index (Phi) is 3.69. The predicted octanol–water partition coefficient (Wildman–Crippen LogP) is 0.354. The highest BCUT2D eigenvalue weighted by Crippen LogP contribution is 2.17. The van der Waals surface area contributed by atoms with Gasteiger partial charge in [-0.25, -0.2) is 9.97 Å². The van der Waals surface area contributed by atoms with Crippen LogP contribution in [0.1, 0.15) is 29.5 Å². The van der Waals surface area contributed by atoms with Crippen molar-refractivity contribution in [2.24, 2.45) is 0 Å². The Morgan fingerprint density at radius 2 is 2.30 bits per heavy atom. The molecule has 2 atom stereocenters. The molecule has 20 heavy (non-hydrogen) atoms. The van der Waals surface area contributed by atoms with E-state index in [1.54, 1.807) is 18.7 Å². The molecule has 2 unspecified atom stereocenters. The van der Waals surface area contributed by atoms with E-state index >= 15 is 0 Å². The quantitative estimate of drug-likeness (QED) is 0.842. The summed E-state index contributed by atoms with van der Waals surface area (Å²) in [5.41, 5.74) is 0.352. The maximum Gasteiger partial charge on any atom is 0.271 e. The van der Waals surface area contributed by atoms with Crippen LogP contribution >= 0.6 is 0 Å². The maximum absolute atomic E-state index is 12.1. The van der Waals surface area contributed by atoms with Crippen molar-refractivity contribution in [2.75, 3.05) is 6.54 Å². The first-order chi connectivity index (χ1) is 9.83. The number of aromatic nitrogens is 4. The molecule has 1 aliphatic heterocycles. The second-order valence-electron chi connectivity index (χ2n) is 4.77. The average Bonchev–Trinajstić information content (AvgIpc) is 3.03. The highest BCUT2D eigenvalue weighted by molar-refractivity contribution is 5.92. The Morgan fingerprint density at radius 1 is 1.35 bits per heavy atom. The zero-order valence-corrected chi connectivity index (χ0v) is 10.9. The molecule has 0 spiro atoms. The third-order valence-corrected chi connectivity index (χ3v) is 3.40. The number of amides is 1. The van der Waals surface area contributed by atoms with Crippen molar-refractivity contribution in [1.82, 2.24) is 30.2 Å². The number of nitrogens with zero attached hydrogens (tertiary/aromatic N) is 4. The first-order valence-electron chi connectivity index (χ1n) is 6.60. The Hall–Kier alpha value is -2.28. The van der Waals surface area contributed by atoms with Crippen LogP contribution in [0.3, 0.4) is 0 Å². The number of carbonyl (C=O) groups is 1. The van der Waals surface area contributed by atoms with Crippen LogP contribution in [0.4, 0.5) is 0 Å². The van der Waals surface area contributed by atoms with Gasteiger partial charge < -0.3 is 9.88 Å². The van der Waals surface area contributed by atoms with Crippen LogP contribution in [0.2, 0.25) is 0 Å². The van der Waals surface area contributed by atoms with Crippen LogP contribution in [0.15, 0.2) is 37.3 Å². The summed E-state index contributed by atoms with van der Waals surface area (Å²) in [6, 6.07) is 0.123. The van der Waals surface area contributed by atoms with Gasteiger partial charge in [0.1, 0.15) is 5.69 Å². The number of rotatable bonds is 3. The molecule has 1 saturated heterocycles. The molecule has 3 rings (SSSR count). The molecule has 7 heteroatoms. The lowest BCUT2D eigenvalue weighted by atomic mass is 10.0. The van der Waals surface area contributed by atoms with Gasteiger partial charge in [-0.05, 0) is 13.0 Å². The van der Waals surface area contributed by atoms with E-state index in [-0.39, 0.29) is 18.1 Å². The van der Waals surface area contributed by atoms with Gasteiger partial charge in [-0.1, -0.05) is 0 Å². The fraction of sp³-hybridized carbons (Fsp3) is 0.385. The Morgan fingerprint density at radius 3 is 3.05 bits per heavy atom. The van der Waals surface area contributed by atoms with Crippen molar-refractivity contribution in [2.45, 2.75) is 25.0 Å². The third kappa shape index (κ3) is 2.83. The van der Waals surface area contributed by atoms with E-state index in [9.17, 15) is 4.79 Å². The minimum absolute atomic E-state index is 0.123. The summed E-state index contributed by atoms with van der Waals surface area (Å²) in [6.07, 6.45) is 11.9. The Balaban J connectivity index is 1.62. The average molecular weight is 272 g/mol. The van der Waals surface area contributed by atoms with Gasteiger partial charge in [-0.3, -0.25) is 15.1 Å². The Bertz CT molecular complexity index is 556. The van der Waals surface area contributed by atoms with Crippen LogP contribution in [-0.4, -0.2) is 38.0 Å². The lowest BCUT2D eigenvalue weighted by Crippen LogP contribution is -2.45. The summed E-state index contributed by atoms with van der Waals surface area (Å²) in [6.45, 7) is 0.855. The van der Waals surface area contributed by atoms with Crippen molar-refractivity contribution < 1.29 is 4.79 Å². The predicted molar refractivity (Wildman–Crippen MR) is 71.8 cm³/mol. The summed E-state index contributed by atoms with van der Waals surface area (Å²) >= 11 is 0. The summed E-state index contributed by atoms with van der Waals surface area (Å²) < 4.78 is 2.01. The molecule has 2 aromatic rings. The van der Waals surface area contributed by atoms with Gasteiger partial charge in [0.25, 0.3) is 5.91 Å². The number of hydrogen-bond donors (Lipinski definition) is 2. The number of carbonyl (C=O) groups excluding carboxylic acids is 1. The van der Waals surface area contributed by atoms with E-state index in [4.69, 9.17) is 0 Å². The van der Waals surface area contributed by atoms with Crippen LogP contribution in [0.25, 0.3) is 0 Å². The second kappa shape index (κ2) is 5.79. The molecule has 0 aromatic carbocycles. The molecular formula is C13H16N6O. The van der Waals surface area contributed by atoms with Gasteiger partial charge in [0.2, 0.25) is 0 Å². The number of piperidine rings is 1. The van der Waals surface area contributed by atoms with Gasteiger partial charge in [0, 0.05) is 37.3 Å². The molecule has 2 aromatic heterocycles. The maximum atomic E-state index is 12.1. The van der Waals surface area contributed by atoms with Gasteiger partial charge >= 0.3 is 0 Å². The molecule has 0 aliphatic carbocycles. The summed E-state index contributed by atoms with van der Waals surface area (Å²) in [5.74, 6) is -0.172. The fourth-order valence-corrected chi connectivity index (χ4v) is 2.38. The minimum Gasteiger partial charge on any atom is -0.348 e. The minimum atomic E-state index is -0.172. The lowest BCUT2D eigenvalue weighted by Gasteiger charge is -2.31. The topological polar surface area (TPSA) is 84.7 Å². The van der Waals surface area contributed by atoms with Crippen molar-refractivity contribution in [3.8, 4) is 0 Å². The molecule has 3 heterocycles. The van der Waals surface area contributed by atoms with E-state index in [1.165, 1.54) is 12.4 Å². The van der Waals surface area contributed by atoms with Crippen LogP contribution in [-0.2, 0) is 0 Å². The monoisotopic (exact) mass is 272 g/mol. The van der Waals surface area contributed by atoms with Crippen molar-refractivity contribution in [3.05, 3.63) is 43.0 Å². The fourth-order valence-electron chi connectivity index (χ4n) is 2.38. The zero-order chi connectivity index (χ0) is 13.8. The molecule has 1 aliphatic rings. The van der Waals surface area contributed by atoms with Gasteiger partial charge in [0.15, 0.2) is 0 Å². The summed E-state index contributed by atoms with van der Waals surface area (Å²) in [7, 11) is 0. The molecule has 0 bridgehead atoms. The van der Waals surface area contributed by atoms with Crippen LogP contribution < -0.4 is 10.6 Å². The van der Waals surface area contributed by atoms with Crippen molar-refractivity contribution in [3.63, 3.8) is 0 Å². The van der Waals surface area contributed by atoms with Gasteiger partial charge in [-0.15, -0.1) is 0 Å². The van der Waals surface area contributed by atoms with E-state index in [2.05, 4.69) is 25.6 Å².